The van der Waals surface area contributed by atoms with Crippen molar-refractivity contribution >= 4 is 64.6 Å². The zero-order valence-corrected chi connectivity index (χ0v) is 24.6. The summed E-state index contributed by atoms with van der Waals surface area (Å²) in [6.45, 7) is 4.24. The molecule has 3 heterocycles. The average Bonchev–Trinajstić information content (AvgIpc) is 3.56. The molecule has 3 aromatic heterocycles. The zero-order chi connectivity index (χ0) is 29.7. The molecule has 0 radical (unpaired) electrons. The van der Waals surface area contributed by atoms with Crippen molar-refractivity contribution in [2.24, 2.45) is 0 Å². The highest BCUT2D eigenvalue weighted by Gasteiger charge is 2.30. The first-order valence-corrected chi connectivity index (χ1v) is 15.6. The maximum absolute atomic E-state index is 14.6. The number of aromatic nitrogens is 3. The molecular formula is C39H29N3O2. The molecule has 0 aliphatic rings. The van der Waals surface area contributed by atoms with Gasteiger partial charge in [0.15, 0.2) is 0 Å². The van der Waals surface area contributed by atoms with E-state index in [1.807, 2.05) is 49.1 Å². The SMILES string of the molecule is CCCC(CCC)n1c(=O)c2c3cc(-c4ccncc4)c4ccc5ccc6c(-c7ccncc7)cc(c2c1=O)c1c6c5c4c31. The monoisotopic (exact) mass is 571 g/mol. The smallest absolute Gasteiger partial charge is 0.262 e. The molecule has 0 amide bonds. The molecule has 9 rings (SSSR count). The van der Waals surface area contributed by atoms with Crippen LogP contribution < -0.4 is 11.1 Å². The van der Waals surface area contributed by atoms with Crippen molar-refractivity contribution < 1.29 is 0 Å². The Bertz CT molecular complexity index is 2430. The van der Waals surface area contributed by atoms with E-state index in [2.05, 4.69) is 60.2 Å². The molecule has 0 bridgehead atoms. The quantitative estimate of drug-likeness (QED) is 0.179. The van der Waals surface area contributed by atoms with Crippen molar-refractivity contribution in [2.45, 2.75) is 45.6 Å². The van der Waals surface area contributed by atoms with E-state index in [0.29, 0.717) is 10.8 Å². The molecule has 5 heteroatoms. The van der Waals surface area contributed by atoms with Crippen LogP contribution in [0.4, 0.5) is 0 Å². The van der Waals surface area contributed by atoms with Crippen molar-refractivity contribution in [1.29, 1.82) is 0 Å². The van der Waals surface area contributed by atoms with Crippen LogP contribution in [0.2, 0.25) is 0 Å². The molecule has 0 saturated carbocycles. The zero-order valence-electron chi connectivity index (χ0n) is 24.6. The molecule has 0 aliphatic heterocycles. The van der Waals surface area contributed by atoms with Crippen LogP contribution in [0.3, 0.4) is 0 Å². The Hall–Kier alpha value is -5.16. The average molecular weight is 572 g/mol. The van der Waals surface area contributed by atoms with Gasteiger partial charge in [-0.15, -0.1) is 0 Å². The standard InChI is InChI=1S/C39H29N3O2/c1-3-5-24(6-4-2)42-38(43)36-29-19-27(21-11-15-40-16-12-21)25-9-7-23-8-10-26-28(22-13-17-41-18-14-22)20-30(37(36)39(42)44)35-33(26)31(23)32(25)34(29)35/h7-20,24H,3-6H2,1-2H3. The van der Waals surface area contributed by atoms with Crippen LogP contribution in [0, 0.1) is 0 Å². The maximum Gasteiger partial charge on any atom is 0.262 e. The topological polar surface area (TPSA) is 64.8 Å². The number of fused-ring (bicyclic) bond motifs is 3. The summed E-state index contributed by atoms with van der Waals surface area (Å²) in [4.78, 5) is 37.8. The lowest BCUT2D eigenvalue weighted by Crippen LogP contribution is -2.30. The summed E-state index contributed by atoms with van der Waals surface area (Å²) >= 11 is 0. The highest BCUT2D eigenvalue weighted by Crippen LogP contribution is 2.53. The summed E-state index contributed by atoms with van der Waals surface area (Å²) in [7, 11) is 0. The molecule has 6 aromatic carbocycles. The summed E-state index contributed by atoms with van der Waals surface area (Å²) in [5.74, 6) is 0. The van der Waals surface area contributed by atoms with Crippen LogP contribution in [-0.2, 0) is 0 Å². The molecule has 5 nitrogen and oxygen atoms in total. The minimum atomic E-state index is -0.160. The Morgan fingerprint density at radius 2 is 0.977 bits per heavy atom. The predicted octanol–water partition coefficient (Wildman–Crippen LogP) is 9.14. The number of nitrogens with zero attached hydrogens (tertiary/aromatic N) is 3. The summed E-state index contributed by atoms with van der Waals surface area (Å²) in [6.07, 6.45) is 10.7. The van der Waals surface area contributed by atoms with E-state index in [1.165, 1.54) is 16.2 Å². The lowest BCUT2D eigenvalue weighted by Gasteiger charge is -2.15. The van der Waals surface area contributed by atoms with E-state index in [0.717, 1.165) is 85.6 Å². The Morgan fingerprint density at radius 1 is 0.545 bits per heavy atom. The number of hydrogen-bond donors (Lipinski definition) is 0. The Kier molecular flexibility index (Phi) is 5.28. The van der Waals surface area contributed by atoms with Crippen LogP contribution in [0.25, 0.3) is 86.9 Å². The Morgan fingerprint density at radius 3 is 1.41 bits per heavy atom. The molecule has 0 fully saturated rings. The fraction of sp³-hybridized carbons (Fsp3) is 0.179. The first-order chi connectivity index (χ1) is 21.6. The minimum Gasteiger partial charge on any atom is -0.271 e. The first kappa shape index (κ1) is 25.3. The maximum atomic E-state index is 14.6. The van der Waals surface area contributed by atoms with Crippen molar-refractivity contribution in [3.8, 4) is 22.3 Å². The van der Waals surface area contributed by atoms with Gasteiger partial charge >= 0.3 is 0 Å². The largest absolute Gasteiger partial charge is 0.271 e. The number of rotatable bonds is 7. The molecule has 0 aliphatic carbocycles. The lowest BCUT2D eigenvalue weighted by molar-refractivity contribution is 0.413. The second-order valence-electron chi connectivity index (χ2n) is 12.2. The molecule has 44 heavy (non-hydrogen) atoms. The Labute approximate surface area is 252 Å². The van der Waals surface area contributed by atoms with E-state index in [9.17, 15) is 9.59 Å². The predicted molar refractivity (Wildman–Crippen MR) is 182 cm³/mol. The highest BCUT2D eigenvalue weighted by molar-refractivity contribution is 6.50. The van der Waals surface area contributed by atoms with Gasteiger partial charge in [0.1, 0.15) is 0 Å². The third kappa shape index (κ3) is 3.14. The fourth-order valence-corrected chi connectivity index (χ4v) is 8.15. The number of hydrogen-bond acceptors (Lipinski definition) is 4. The molecular weight excluding hydrogens is 542 g/mol. The van der Waals surface area contributed by atoms with Gasteiger partial charge in [-0.1, -0.05) is 51.0 Å². The molecule has 0 atom stereocenters. The van der Waals surface area contributed by atoms with E-state index in [1.54, 1.807) is 4.57 Å². The molecule has 0 N–H and O–H groups in total. The third-order valence-corrected chi connectivity index (χ3v) is 9.88. The second-order valence-corrected chi connectivity index (χ2v) is 12.2. The van der Waals surface area contributed by atoms with Crippen molar-refractivity contribution in [2.75, 3.05) is 0 Å². The Balaban J connectivity index is 1.59. The van der Waals surface area contributed by atoms with Crippen LogP contribution in [0.5, 0.6) is 0 Å². The van der Waals surface area contributed by atoms with Crippen LogP contribution in [0.1, 0.15) is 45.6 Å². The summed E-state index contributed by atoms with van der Waals surface area (Å²) in [6, 6.07) is 21.1. The molecule has 0 spiro atoms. The van der Waals surface area contributed by atoms with E-state index < -0.39 is 0 Å². The highest BCUT2D eigenvalue weighted by atomic mass is 16.2. The number of benzene rings is 5. The summed E-state index contributed by atoms with van der Waals surface area (Å²) in [5, 5.41) is 12.0. The fourth-order valence-electron chi connectivity index (χ4n) is 8.15. The molecule has 0 unspecified atom stereocenters. The summed E-state index contributed by atoms with van der Waals surface area (Å²) in [5.41, 5.74) is 3.86. The van der Waals surface area contributed by atoms with Gasteiger partial charge in [0.25, 0.3) is 11.1 Å². The van der Waals surface area contributed by atoms with Gasteiger partial charge in [0.05, 0.1) is 10.8 Å². The van der Waals surface area contributed by atoms with Crippen LogP contribution in [-0.4, -0.2) is 14.5 Å². The van der Waals surface area contributed by atoms with Crippen LogP contribution >= 0.6 is 0 Å². The second kappa shape index (κ2) is 9.17. The van der Waals surface area contributed by atoms with E-state index in [-0.39, 0.29) is 17.2 Å². The third-order valence-electron chi connectivity index (χ3n) is 9.88. The molecule has 212 valence electrons. The molecule has 0 saturated heterocycles. The summed E-state index contributed by atoms with van der Waals surface area (Å²) < 4.78 is 1.59. The van der Waals surface area contributed by atoms with Gasteiger partial charge in [-0.2, -0.15) is 0 Å². The first-order valence-electron chi connectivity index (χ1n) is 15.6. The van der Waals surface area contributed by atoms with Gasteiger partial charge in [0.2, 0.25) is 0 Å². The molecule has 9 aromatic rings. The minimum absolute atomic E-state index is 0.118. The van der Waals surface area contributed by atoms with Gasteiger partial charge in [-0.25, -0.2) is 0 Å². The van der Waals surface area contributed by atoms with Crippen molar-refractivity contribution in [3.05, 3.63) is 106 Å². The van der Waals surface area contributed by atoms with Gasteiger partial charge in [-0.05, 0) is 125 Å². The van der Waals surface area contributed by atoms with Gasteiger partial charge in [-0.3, -0.25) is 24.1 Å². The lowest BCUT2D eigenvalue weighted by atomic mass is 9.89. The van der Waals surface area contributed by atoms with E-state index >= 15 is 0 Å². The van der Waals surface area contributed by atoms with Crippen molar-refractivity contribution in [1.82, 2.24) is 14.5 Å². The van der Waals surface area contributed by atoms with Crippen LogP contribution in [0.15, 0.2) is 95.0 Å². The number of pyridine rings is 2. The van der Waals surface area contributed by atoms with Crippen molar-refractivity contribution in [3.63, 3.8) is 0 Å². The van der Waals surface area contributed by atoms with Gasteiger partial charge < -0.3 is 0 Å². The van der Waals surface area contributed by atoms with E-state index in [4.69, 9.17) is 0 Å². The van der Waals surface area contributed by atoms with Gasteiger partial charge in [0, 0.05) is 30.8 Å². The normalized spacial score (nSPS) is 12.6.